The molecule has 0 aromatic heterocycles. The minimum absolute atomic E-state index is 0. The van der Waals surface area contributed by atoms with E-state index in [0.29, 0.717) is 25.4 Å². The van der Waals surface area contributed by atoms with Gasteiger partial charge in [-0.15, -0.1) is 12.4 Å². The second-order valence-corrected chi connectivity index (χ2v) is 6.94. The average Bonchev–Trinajstić information content (AvgIpc) is 2.66. The number of likely N-dealkylation sites (tertiary alicyclic amines) is 2. The van der Waals surface area contributed by atoms with Gasteiger partial charge in [0.15, 0.2) is 0 Å². The van der Waals surface area contributed by atoms with Gasteiger partial charge in [0, 0.05) is 45.2 Å². The molecule has 0 spiro atoms. The molecule has 2 atom stereocenters. The van der Waals surface area contributed by atoms with E-state index in [-0.39, 0.29) is 30.4 Å². The Morgan fingerprint density at radius 3 is 2.73 bits per heavy atom. The van der Waals surface area contributed by atoms with Crippen molar-refractivity contribution in [2.75, 3.05) is 33.2 Å². The Morgan fingerprint density at radius 1 is 1.23 bits per heavy atom. The van der Waals surface area contributed by atoms with Crippen molar-refractivity contribution in [3.63, 3.8) is 0 Å². The van der Waals surface area contributed by atoms with E-state index in [1.165, 1.54) is 0 Å². The maximum absolute atomic E-state index is 12.5. The summed E-state index contributed by atoms with van der Waals surface area (Å²) in [7, 11) is 1.91. The second kappa shape index (κ2) is 9.78. The van der Waals surface area contributed by atoms with E-state index in [2.05, 4.69) is 10.6 Å². The van der Waals surface area contributed by atoms with Crippen LogP contribution in [0.2, 0.25) is 0 Å². The fourth-order valence-electron chi connectivity index (χ4n) is 3.94. The highest BCUT2D eigenvalue weighted by Crippen LogP contribution is 2.31. The average molecular weight is 381 g/mol. The molecule has 2 aliphatic rings. The molecule has 26 heavy (non-hydrogen) atoms. The summed E-state index contributed by atoms with van der Waals surface area (Å²) in [6, 6.07) is 10.2. The van der Waals surface area contributed by atoms with Gasteiger partial charge in [-0.1, -0.05) is 30.3 Å². The van der Waals surface area contributed by atoms with Crippen LogP contribution in [0.4, 0.5) is 4.79 Å². The lowest BCUT2D eigenvalue weighted by Crippen LogP contribution is -2.58. The number of carbonyl (C=O) groups is 2. The molecule has 0 saturated carbocycles. The molecular formula is C19H29ClN4O2. The molecule has 0 radical (unpaired) electrons. The van der Waals surface area contributed by atoms with Gasteiger partial charge in [0.1, 0.15) is 0 Å². The molecule has 0 bridgehead atoms. The molecule has 2 N–H and O–H groups in total. The quantitative estimate of drug-likeness (QED) is 0.819. The summed E-state index contributed by atoms with van der Waals surface area (Å²) in [4.78, 5) is 28.7. The zero-order chi connectivity index (χ0) is 17.6. The number of amides is 3. The van der Waals surface area contributed by atoms with Crippen LogP contribution in [0.25, 0.3) is 0 Å². The molecule has 2 fully saturated rings. The summed E-state index contributed by atoms with van der Waals surface area (Å²) in [5.41, 5.74) is 1.10. The smallest absolute Gasteiger partial charge is 0.317 e. The van der Waals surface area contributed by atoms with Gasteiger partial charge >= 0.3 is 6.03 Å². The Hall–Kier alpha value is -1.79. The third kappa shape index (κ3) is 4.89. The van der Waals surface area contributed by atoms with Crippen LogP contribution in [-0.4, -0.2) is 61.0 Å². The van der Waals surface area contributed by atoms with Gasteiger partial charge in [0.2, 0.25) is 5.91 Å². The van der Waals surface area contributed by atoms with Crippen LogP contribution in [0.3, 0.4) is 0 Å². The van der Waals surface area contributed by atoms with E-state index >= 15 is 0 Å². The molecule has 3 rings (SSSR count). The number of piperidine rings is 2. The lowest BCUT2D eigenvalue weighted by atomic mass is 9.83. The largest absolute Gasteiger partial charge is 0.338 e. The summed E-state index contributed by atoms with van der Waals surface area (Å²) in [6.45, 7) is 3.59. The van der Waals surface area contributed by atoms with Gasteiger partial charge in [0.05, 0.1) is 0 Å². The fraction of sp³-hybridized carbons (Fsp3) is 0.579. The number of rotatable bonds is 5. The molecule has 1 aromatic rings. The monoisotopic (exact) mass is 380 g/mol. The molecule has 6 nitrogen and oxygen atoms in total. The minimum Gasteiger partial charge on any atom is -0.338 e. The number of benzene rings is 1. The SMILES string of the molecule is CNCCN1C(=O)CC[C@H]2CN(C(=O)NCc3ccccc3)CC[C@H]21.Cl. The number of nitrogens with zero attached hydrogens (tertiary/aromatic N) is 2. The maximum atomic E-state index is 12.5. The summed E-state index contributed by atoms with van der Waals surface area (Å²) in [5.74, 6) is 0.657. The summed E-state index contributed by atoms with van der Waals surface area (Å²) < 4.78 is 0. The number of halogens is 1. The Bertz CT molecular complexity index is 598. The van der Waals surface area contributed by atoms with Crippen LogP contribution >= 0.6 is 12.4 Å². The van der Waals surface area contributed by atoms with Crippen LogP contribution in [0, 0.1) is 5.92 Å². The fourth-order valence-corrected chi connectivity index (χ4v) is 3.94. The van der Waals surface area contributed by atoms with Crippen molar-refractivity contribution in [2.45, 2.75) is 31.8 Å². The van der Waals surface area contributed by atoms with Crippen LogP contribution in [0.15, 0.2) is 30.3 Å². The Labute approximate surface area is 161 Å². The molecule has 1 aromatic carbocycles. The Kier molecular flexibility index (Phi) is 7.72. The van der Waals surface area contributed by atoms with Crippen molar-refractivity contribution >= 4 is 24.3 Å². The summed E-state index contributed by atoms with van der Waals surface area (Å²) >= 11 is 0. The summed E-state index contributed by atoms with van der Waals surface area (Å²) in [6.07, 6.45) is 2.37. The predicted octanol–water partition coefficient (Wildman–Crippen LogP) is 1.85. The highest BCUT2D eigenvalue weighted by Gasteiger charge is 2.39. The molecule has 2 aliphatic heterocycles. The first-order chi connectivity index (χ1) is 12.2. The van der Waals surface area contributed by atoms with Crippen molar-refractivity contribution in [2.24, 2.45) is 5.92 Å². The van der Waals surface area contributed by atoms with Crippen LogP contribution < -0.4 is 10.6 Å². The Balaban J connectivity index is 0.00000243. The first-order valence-electron chi connectivity index (χ1n) is 9.20. The molecule has 144 valence electrons. The highest BCUT2D eigenvalue weighted by atomic mass is 35.5. The summed E-state index contributed by atoms with van der Waals surface area (Å²) in [5, 5.41) is 6.14. The van der Waals surface area contributed by atoms with Gasteiger partial charge < -0.3 is 20.4 Å². The van der Waals surface area contributed by atoms with E-state index in [1.54, 1.807) is 0 Å². The van der Waals surface area contributed by atoms with Crippen molar-refractivity contribution in [3.05, 3.63) is 35.9 Å². The number of likely N-dealkylation sites (N-methyl/N-ethyl adjacent to an activating group) is 1. The van der Waals surface area contributed by atoms with E-state index in [9.17, 15) is 9.59 Å². The number of hydrogen-bond donors (Lipinski definition) is 2. The van der Waals surface area contributed by atoms with Crippen molar-refractivity contribution < 1.29 is 9.59 Å². The third-order valence-corrected chi connectivity index (χ3v) is 5.32. The minimum atomic E-state index is 0. The molecule has 0 unspecified atom stereocenters. The maximum Gasteiger partial charge on any atom is 0.317 e. The van der Waals surface area contributed by atoms with Gasteiger partial charge in [0.25, 0.3) is 0 Å². The predicted molar refractivity (Wildman–Crippen MR) is 104 cm³/mol. The van der Waals surface area contributed by atoms with Gasteiger partial charge in [-0.25, -0.2) is 4.79 Å². The van der Waals surface area contributed by atoms with Crippen LogP contribution in [0.1, 0.15) is 24.8 Å². The van der Waals surface area contributed by atoms with Gasteiger partial charge in [-0.3, -0.25) is 4.79 Å². The van der Waals surface area contributed by atoms with Crippen molar-refractivity contribution in [3.8, 4) is 0 Å². The lowest BCUT2D eigenvalue weighted by Gasteiger charge is -2.47. The van der Waals surface area contributed by atoms with Crippen LogP contribution in [-0.2, 0) is 11.3 Å². The van der Waals surface area contributed by atoms with Gasteiger partial charge in [-0.2, -0.15) is 0 Å². The van der Waals surface area contributed by atoms with Crippen LogP contribution in [0.5, 0.6) is 0 Å². The first kappa shape index (κ1) is 20.5. The standard InChI is InChI=1S/C19H28N4O2.ClH/c1-20-10-12-23-17-9-11-22(14-16(17)7-8-18(23)24)19(25)21-13-15-5-3-2-4-6-15;/h2-6,16-17,20H,7-14H2,1H3,(H,21,25);1H/t16-,17+;/m0./s1. The molecular weight excluding hydrogens is 352 g/mol. The molecule has 2 saturated heterocycles. The van der Waals surface area contributed by atoms with E-state index in [1.807, 2.05) is 47.2 Å². The van der Waals surface area contributed by atoms with E-state index in [4.69, 9.17) is 0 Å². The van der Waals surface area contributed by atoms with E-state index < -0.39 is 0 Å². The number of nitrogens with one attached hydrogen (secondary N) is 2. The lowest BCUT2D eigenvalue weighted by molar-refractivity contribution is -0.140. The molecule has 0 aliphatic carbocycles. The first-order valence-corrected chi connectivity index (χ1v) is 9.20. The molecule has 2 heterocycles. The topological polar surface area (TPSA) is 64.7 Å². The highest BCUT2D eigenvalue weighted by molar-refractivity contribution is 5.85. The molecule has 3 amide bonds. The van der Waals surface area contributed by atoms with Crippen molar-refractivity contribution in [1.29, 1.82) is 0 Å². The number of carbonyl (C=O) groups excluding carboxylic acids is 2. The number of hydrogen-bond acceptors (Lipinski definition) is 3. The Morgan fingerprint density at radius 2 is 2.00 bits per heavy atom. The number of urea groups is 1. The normalized spacial score (nSPS) is 22.4. The van der Waals surface area contributed by atoms with E-state index in [0.717, 1.165) is 38.0 Å². The molecule has 7 heteroatoms. The number of fused-ring (bicyclic) bond motifs is 1. The zero-order valence-corrected chi connectivity index (χ0v) is 16.1. The van der Waals surface area contributed by atoms with Gasteiger partial charge in [-0.05, 0) is 31.4 Å². The third-order valence-electron chi connectivity index (χ3n) is 5.32. The van der Waals surface area contributed by atoms with Crippen molar-refractivity contribution in [1.82, 2.24) is 20.4 Å². The zero-order valence-electron chi connectivity index (χ0n) is 15.3. The second-order valence-electron chi connectivity index (χ2n) is 6.94.